The summed E-state index contributed by atoms with van der Waals surface area (Å²) < 4.78 is 2.01. The molecule has 3 nitrogen and oxygen atoms in total. The first-order chi connectivity index (χ1) is 10.9. The summed E-state index contributed by atoms with van der Waals surface area (Å²) in [4.78, 5) is 0. The van der Waals surface area contributed by atoms with Crippen LogP contribution in [0.4, 0.5) is 5.82 Å². The normalized spacial score (nSPS) is 12.0. The Labute approximate surface area is 144 Å². The summed E-state index contributed by atoms with van der Waals surface area (Å²) in [5.74, 6) is 0.853. The standard InChI is InChI=1S/C20H39N3/c1-6-7-8-9-10-11-12-13-14-15-16-23-19(21)17(2)18(22-23)20(3,4)5/h6-16,21H2,1-5H3. The van der Waals surface area contributed by atoms with Gasteiger partial charge in [-0.1, -0.05) is 85.5 Å². The number of nitrogens with zero attached hydrogens (tertiary/aromatic N) is 2. The zero-order valence-electron chi connectivity index (χ0n) is 16.2. The Morgan fingerprint density at radius 1 is 0.870 bits per heavy atom. The van der Waals surface area contributed by atoms with Crippen LogP contribution in [0.15, 0.2) is 0 Å². The van der Waals surface area contributed by atoms with E-state index in [9.17, 15) is 0 Å². The fourth-order valence-electron chi connectivity index (χ4n) is 3.20. The van der Waals surface area contributed by atoms with Crippen LogP contribution >= 0.6 is 0 Å². The van der Waals surface area contributed by atoms with Crippen LogP contribution in [-0.4, -0.2) is 9.78 Å². The first-order valence-electron chi connectivity index (χ1n) is 9.71. The van der Waals surface area contributed by atoms with Crippen molar-refractivity contribution in [1.82, 2.24) is 9.78 Å². The molecule has 0 aromatic carbocycles. The van der Waals surface area contributed by atoms with Crippen molar-refractivity contribution < 1.29 is 0 Å². The summed E-state index contributed by atoms with van der Waals surface area (Å²) in [6.07, 6.45) is 13.6. The predicted molar refractivity (Wildman–Crippen MR) is 102 cm³/mol. The van der Waals surface area contributed by atoms with E-state index >= 15 is 0 Å². The van der Waals surface area contributed by atoms with Crippen molar-refractivity contribution in [2.24, 2.45) is 0 Å². The van der Waals surface area contributed by atoms with Crippen molar-refractivity contribution in [3.8, 4) is 0 Å². The van der Waals surface area contributed by atoms with Crippen LogP contribution in [-0.2, 0) is 12.0 Å². The molecule has 0 atom stereocenters. The minimum Gasteiger partial charge on any atom is -0.384 e. The summed E-state index contributed by atoms with van der Waals surface area (Å²) in [7, 11) is 0. The molecule has 0 aliphatic carbocycles. The Morgan fingerprint density at radius 2 is 1.35 bits per heavy atom. The third-order valence-electron chi connectivity index (χ3n) is 4.67. The van der Waals surface area contributed by atoms with Crippen molar-refractivity contribution in [3.63, 3.8) is 0 Å². The molecule has 1 rings (SSSR count). The number of anilines is 1. The maximum Gasteiger partial charge on any atom is 0.124 e. The van der Waals surface area contributed by atoms with Gasteiger partial charge in [0.15, 0.2) is 0 Å². The molecule has 1 aromatic heterocycles. The van der Waals surface area contributed by atoms with Gasteiger partial charge in [0.2, 0.25) is 0 Å². The van der Waals surface area contributed by atoms with Gasteiger partial charge in [0, 0.05) is 17.5 Å². The third-order valence-corrected chi connectivity index (χ3v) is 4.67. The molecule has 0 amide bonds. The van der Waals surface area contributed by atoms with E-state index in [1.807, 2.05) is 4.68 Å². The quantitative estimate of drug-likeness (QED) is 0.508. The van der Waals surface area contributed by atoms with Gasteiger partial charge < -0.3 is 5.73 Å². The molecule has 2 N–H and O–H groups in total. The number of rotatable bonds is 11. The molecule has 0 spiro atoms. The Hall–Kier alpha value is -0.990. The number of aryl methyl sites for hydroxylation is 1. The largest absolute Gasteiger partial charge is 0.384 e. The fourth-order valence-corrected chi connectivity index (χ4v) is 3.20. The number of unbranched alkanes of at least 4 members (excludes halogenated alkanes) is 9. The van der Waals surface area contributed by atoms with E-state index in [1.165, 1.54) is 64.2 Å². The van der Waals surface area contributed by atoms with Gasteiger partial charge in [-0.05, 0) is 13.3 Å². The van der Waals surface area contributed by atoms with E-state index in [0.717, 1.165) is 23.6 Å². The lowest BCUT2D eigenvalue weighted by molar-refractivity contribution is 0.499. The summed E-state index contributed by atoms with van der Waals surface area (Å²) in [6, 6.07) is 0. The van der Waals surface area contributed by atoms with Crippen LogP contribution in [0.5, 0.6) is 0 Å². The van der Waals surface area contributed by atoms with E-state index in [4.69, 9.17) is 10.8 Å². The van der Waals surface area contributed by atoms with E-state index in [1.54, 1.807) is 0 Å². The fraction of sp³-hybridized carbons (Fsp3) is 0.850. The second kappa shape index (κ2) is 10.00. The number of hydrogen-bond acceptors (Lipinski definition) is 2. The van der Waals surface area contributed by atoms with Crippen LogP contribution in [0.1, 0.15) is 103 Å². The molecular formula is C20H39N3. The molecule has 0 unspecified atom stereocenters. The van der Waals surface area contributed by atoms with Crippen molar-refractivity contribution in [2.75, 3.05) is 5.73 Å². The summed E-state index contributed by atoms with van der Waals surface area (Å²) in [5.41, 5.74) is 8.59. The maximum atomic E-state index is 6.22. The van der Waals surface area contributed by atoms with Gasteiger partial charge in [-0.2, -0.15) is 5.10 Å². The van der Waals surface area contributed by atoms with E-state index < -0.39 is 0 Å². The lowest BCUT2D eigenvalue weighted by Crippen LogP contribution is -2.14. The van der Waals surface area contributed by atoms with Crippen LogP contribution in [0.25, 0.3) is 0 Å². The van der Waals surface area contributed by atoms with Gasteiger partial charge in [0.05, 0.1) is 5.69 Å². The van der Waals surface area contributed by atoms with E-state index in [0.29, 0.717) is 0 Å². The van der Waals surface area contributed by atoms with Gasteiger partial charge in [-0.3, -0.25) is 0 Å². The molecule has 1 aromatic rings. The molecule has 0 bridgehead atoms. The molecule has 0 saturated heterocycles. The second-order valence-electron chi connectivity index (χ2n) is 8.01. The molecule has 1 heterocycles. The summed E-state index contributed by atoms with van der Waals surface area (Å²) in [5, 5.41) is 4.75. The Balaban J connectivity index is 2.19. The van der Waals surface area contributed by atoms with Crippen molar-refractivity contribution >= 4 is 5.82 Å². The topological polar surface area (TPSA) is 43.8 Å². The molecule has 23 heavy (non-hydrogen) atoms. The van der Waals surface area contributed by atoms with Gasteiger partial charge in [0.25, 0.3) is 0 Å². The van der Waals surface area contributed by atoms with Crippen LogP contribution in [0, 0.1) is 6.92 Å². The molecule has 0 radical (unpaired) electrons. The molecule has 0 aliphatic rings. The second-order valence-corrected chi connectivity index (χ2v) is 8.01. The summed E-state index contributed by atoms with van der Waals surface area (Å²) in [6.45, 7) is 11.9. The van der Waals surface area contributed by atoms with Crippen molar-refractivity contribution in [3.05, 3.63) is 11.3 Å². The van der Waals surface area contributed by atoms with Crippen LogP contribution < -0.4 is 5.73 Å². The summed E-state index contributed by atoms with van der Waals surface area (Å²) >= 11 is 0. The molecule has 0 fully saturated rings. The lowest BCUT2D eigenvalue weighted by Gasteiger charge is -2.15. The lowest BCUT2D eigenvalue weighted by atomic mass is 9.90. The average Bonchev–Trinajstić information content (AvgIpc) is 2.77. The Morgan fingerprint density at radius 3 is 1.78 bits per heavy atom. The van der Waals surface area contributed by atoms with Gasteiger partial charge >= 0.3 is 0 Å². The SMILES string of the molecule is CCCCCCCCCCCCn1nc(C(C)(C)C)c(C)c1N. The smallest absolute Gasteiger partial charge is 0.124 e. The van der Waals surface area contributed by atoms with E-state index in [2.05, 4.69) is 34.6 Å². The Kier molecular flexibility index (Phi) is 8.72. The van der Waals surface area contributed by atoms with Gasteiger partial charge in [0.1, 0.15) is 5.82 Å². The zero-order chi connectivity index (χ0) is 17.3. The third kappa shape index (κ3) is 6.97. The monoisotopic (exact) mass is 321 g/mol. The molecule has 3 heteroatoms. The van der Waals surface area contributed by atoms with Crippen molar-refractivity contribution in [1.29, 1.82) is 0 Å². The Bertz CT molecular complexity index is 440. The number of aromatic nitrogens is 2. The van der Waals surface area contributed by atoms with Crippen LogP contribution in [0.2, 0.25) is 0 Å². The number of hydrogen-bond donors (Lipinski definition) is 1. The number of nitrogens with two attached hydrogens (primary N) is 1. The highest BCUT2D eigenvalue weighted by atomic mass is 15.3. The highest BCUT2D eigenvalue weighted by Crippen LogP contribution is 2.28. The van der Waals surface area contributed by atoms with Gasteiger partial charge in [-0.25, -0.2) is 4.68 Å². The highest BCUT2D eigenvalue weighted by Gasteiger charge is 2.22. The van der Waals surface area contributed by atoms with E-state index in [-0.39, 0.29) is 5.41 Å². The molecule has 0 aliphatic heterocycles. The van der Waals surface area contributed by atoms with Crippen LogP contribution in [0.3, 0.4) is 0 Å². The predicted octanol–water partition coefficient (Wildman–Crippen LogP) is 5.99. The first kappa shape index (κ1) is 20.1. The van der Waals surface area contributed by atoms with Crippen molar-refractivity contribution in [2.45, 2.75) is 111 Å². The molecular weight excluding hydrogens is 282 g/mol. The highest BCUT2D eigenvalue weighted by molar-refractivity contribution is 5.44. The number of nitrogen functional groups attached to an aromatic ring is 1. The average molecular weight is 322 g/mol. The molecule has 0 saturated carbocycles. The zero-order valence-corrected chi connectivity index (χ0v) is 16.2. The minimum absolute atomic E-state index is 0.0707. The minimum atomic E-state index is 0.0707. The maximum absolute atomic E-state index is 6.22. The van der Waals surface area contributed by atoms with Gasteiger partial charge in [-0.15, -0.1) is 0 Å². The first-order valence-corrected chi connectivity index (χ1v) is 9.71. The molecule has 134 valence electrons.